The molecule has 0 aliphatic heterocycles. The first kappa shape index (κ1) is 32.2. The van der Waals surface area contributed by atoms with E-state index in [1.54, 1.807) is 6.92 Å². The molecule has 0 unspecified atom stereocenters. The van der Waals surface area contributed by atoms with E-state index in [4.69, 9.17) is 4.42 Å². The van der Waals surface area contributed by atoms with Crippen molar-refractivity contribution in [3.8, 4) is 0 Å². The Hall–Kier alpha value is -1.76. The van der Waals surface area contributed by atoms with Gasteiger partial charge in [0.2, 0.25) is 11.7 Å². The lowest BCUT2D eigenvalue weighted by Crippen LogP contribution is -2.67. The summed E-state index contributed by atoms with van der Waals surface area (Å²) >= 11 is 0. The maximum Gasteiger partial charge on any atom is 0.449 e. The van der Waals surface area contributed by atoms with Crippen molar-refractivity contribution in [2.45, 2.75) is 131 Å². The van der Waals surface area contributed by atoms with Gasteiger partial charge in [-0.15, -0.1) is 0 Å². The minimum atomic E-state index is -4.60. The third-order valence-corrected chi connectivity index (χ3v) is 15.3. The van der Waals surface area contributed by atoms with Gasteiger partial charge in [0.05, 0.1) is 17.8 Å². The fourth-order valence-electron chi connectivity index (χ4n) is 12.8. The Labute approximate surface area is 262 Å². The summed E-state index contributed by atoms with van der Waals surface area (Å²) in [4.78, 5) is 14.3. The zero-order chi connectivity index (χ0) is 32.3. The fourth-order valence-corrected chi connectivity index (χ4v) is 12.8. The molecule has 10 atom stereocenters. The molecule has 5 saturated carbocycles. The number of aliphatic hydroxyl groups excluding tert-OH is 1. The predicted molar refractivity (Wildman–Crippen MR) is 165 cm³/mol. The van der Waals surface area contributed by atoms with E-state index in [0.717, 1.165) is 76.0 Å². The molecule has 7 heteroatoms. The number of carbonyl (C=O) groups excluding carboxylic acids is 1. The molecule has 0 aromatic carbocycles. The van der Waals surface area contributed by atoms with Crippen LogP contribution in [0.3, 0.4) is 0 Å². The van der Waals surface area contributed by atoms with Gasteiger partial charge in [-0.05, 0) is 135 Å². The summed E-state index contributed by atoms with van der Waals surface area (Å²) in [6, 6.07) is 0. The van der Waals surface area contributed by atoms with E-state index >= 15 is 0 Å². The van der Waals surface area contributed by atoms with Crippen molar-refractivity contribution in [3.63, 3.8) is 0 Å². The zero-order valence-electron chi connectivity index (χ0n) is 27.9. The van der Waals surface area contributed by atoms with Crippen molar-refractivity contribution < 1.29 is 27.5 Å². The summed E-state index contributed by atoms with van der Waals surface area (Å²) in [5.74, 6) is 0.692. The molecule has 0 spiro atoms. The maximum absolute atomic E-state index is 14.3. The van der Waals surface area contributed by atoms with Crippen molar-refractivity contribution in [1.29, 1.82) is 0 Å². The number of carbonyl (C=O) groups is 1. The molecule has 4 nitrogen and oxygen atoms in total. The van der Waals surface area contributed by atoms with Gasteiger partial charge in [0.1, 0.15) is 0 Å². The largest absolute Gasteiger partial charge is 0.459 e. The molecule has 1 heterocycles. The molecule has 44 heavy (non-hydrogen) atoms. The minimum absolute atomic E-state index is 0.0208. The van der Waals surface area contributed by atoms with Crippen LogP contribution >= 0.6 is 0 Å². The lowest BCUT2D eigenvalue weighted by molar-refractivity contribution is -0.246. The summed E-state index contributed by atoms with van der Waals surface area (Å²) in [5.41, 5.74) is 1.23. The van der Waals surface area contributed by atoms with E-state index in [0.29, 0.717) is 23.3 Å². The standard InChI is InChI=1S/C37H54F3NO3/c1-21(2)23-11-16-36(31(43)41-19-24-22(3)20-44-30(24)37(38,39)40)18-17-34(7)25(29(23)36)9-10-27-33(6)14-13-28(42)32(4,5)26(33)12-15-35(27,34)8/h20,23,25-29,42H,1,9-19H2,2-8H3,(H,41,43)/t23-,25+,26-,27+,28-,29+,33-,34+,35+,36-/m0/s1. The number of rotatable bonds is 4. The van der Waals surface area contributed by atoms with Gasteiger partial charge in [0.25, 0.3) is 0 Å². The lowest BCUT2D eigenvalue weighted by atomic mass is 9.32. The Morgan fingerprint density at radius 1 is 0.977 bits per heavy atom. The third kappa shape index (κ3) is 4.22. The monoisotopic (exact) mass is 617 g/mol. The molecular formula is C37H54F3NO3. The number of amides is 1. The Bertz CT molecular complexity index is 1330. The van der Waals surface area contributed by atoms with Crippen LogP contribution in [0.2, 0.25) is 0 Å². The second kappa shape index (κ2) is 10.1. The van der Waals surface area contributed by atoms with E-state index < -0.39 is 17.4 Å². The van der Waals surface area contributed by atoms with E-state index in [-0.39, 0.29) is 57.6 Å². The zero-order valence-corrected chi connectivity index (χ0v) is 27.9. The second-order valence-corrected chi connectivity index (χ2v) is 17.1. The number of hydrogen-bond donors (Lipinski definition) is 2. The van der Waals surface area contributed by atoms with Crippen molar-refractivity contribution in [2.75, 3.05) is 0 Å². The van der Waals surface area contributed by atoms with Gasteiger partial charge in [-0.1, -0.05) is 46.8 Å². The van der Waals surface area contributed by atoms with Gasteiger partial charge in [0, 0.05) is 12.1 Å². The van der Waals surface area contributed by atoms with Gasteiger partial charge in [0.15, 0.2) is 0 Å². The average Bonchev–Trinajstić information content (AvgIpc) is 3.51. The quantitative estimate of drug-likeness (QED) is 0.331. The number of fused-ring (bicyclic) bond motifs is 7. The lowest BCUT2D eigenvalue weighted by Gasteiger charge is -2.72. The van der Waals surface area contributed by atoms with Gasteiger partial charge in [-0.2, -0.15) is 13.2 Å². The second-order valence-electron chi connectivity index (χ2n) is 17.1. The Morgan fingerprint density at radius 2 is 1.68 bits per heavy atom. The summed E-state index contributed by atoms with van der Waals surface area (Å²) in [7, 11) is 0. The molecule has 0 saturated heterocycles. The summed E-state index contributed by atoms with van der Waals surface area (Å²) in [6.45, 7) is 20.1. The molecule has 1 aromatic heterocycles. The Kier molecular flexibility index (Phi) is 7.40. The van der Waals surface area contributed by atoms with Crippen molar-refractivity contribution >= 4 is 5.91 Å². The summed E-state index contributed by atoms with van der Waals surface area (Å²) in [5, 5.41) is 14.0. The topological polar surface area (TPSA) is 62.5 Å². The number of allylic oxidation sites excluding steroid dienone is 1. The van der Waals surface area contributed by atoms with E-state index in [9.17, 15) is 23.1 Å². The first-order valence-corrected chi connectivity index (χ1v) is 17.1. The highest BCUT2D eigenvalue weighted by Crippen LogP contribution is 2.77. The van der Waals surface area contributed by atoms with Crippen LogP contribution in [0.4, 0.5) is 13.2 Å². The van der Waals surface area contributed by atoms with Crippen molar-refractivity contribution in [1.82, 2.24) is 5.32 Å². The first-order chi connectivity index (χ1) is 20.3. The number of aryl methyl sites for hydroxylation is 1. The van der Waals surface area contributed by atoms with Gasteiger partial charge >= 0.3 is 6.18 Å². The molecular weight excluding hydrogens is 563 g/mol. The van der Waals surface area contributed by atoms with Crippen LogP contribution in [-0.4, -0.2) is 17.1 Å². The number of aliphatic hydroxyl groups is 1. The molecule has 0 radical (unpaired) electrons. The number of nitrogens with one attached hydrogen (secondary N) is 1. The number of halogens is 3. The van der Waals surface area contributed by atoms with E-state index in [1.165, 1.54) is 0 Å². The summed E-state index contributed by atoms with van der Waals surface area (Å²) < 4.78 is 45.9. The van der Waals surface area contributed by atoms with E-state index in [1.807, 2.05) is 0 Å². The maximum atomic E-state index is 14.3. The van der Waals surface area contributed by atoms with E-state index in [2.05, 4.69) is 53.4 Å². The Balaban J connectivity index is 1.32. The van der Waals surface area contributed by atoms with Gasteiger partial charge in [-0.25, -0.2) is 0 Å². The molecule has 2 N–H and O–H groups in total. The highest BCUT2D eigenvalue weighted by molar-refractivity contribution is 5.84. The molecule has 1 aromatic rings. The normalized spacial score (nSPS) is 44.6. The smallest absolute Gasteiger partial charge is 0.449 e. The molecule has 6 rings (SSSR count). The van der Waals surface area contributed by atoms with Crippen LogP contribution in [0.25, 0.3) is 0 Å². The number of alkyl halides is 3. The van der Waals surface area contributed by atoms with Crippen molar-refractivity contribution in [3.05, 3.63) is 35.3 Å². The predicted octanol–water partition coefficient (Wildman–Crippen LogP) is 9.24. The van der Waals surface area contributed by atoms with Crippen LogP contribution in [0.1, 0.15) is 123 Å². The van der Waals surface area contributed by atoms with Gasteiger partial charge in [-0.3, -0.25) is 4.79 Å². The average molecular weight is 618 g/mol. The number of hydrogen-bond acceptors (Lipinski definition) is 3. The first-order valence-electron chi connectivity index (χ1n) is 17.1. The third-order valence-electron chi connectivity index (χ3n) is 15.3. The van der Waals surface area contributed by atoms with Crippen LogP contribution in [-0.2, 0) is 17.5 Å². The van der Waals surface area contributed by atoms with Crippen LogP contribution < -0.4 is 5.32 Å². The van der Waals surface area contributed by atoms with Gasteiger partial charge < -0.3 is 14.8 Å². The molecule has 0 bridgehead atoms. The molecule has 5 aliphatic carbocycles. The Morgan fingerprint density at radius 3 is 2.34 bits per heavy atom. The highest BCUT2D eigenvalue weighted by atomic mass is 19.4. The van der Waals surface area contributed by atoms with Crippen LogP contribution in [0.5, 0.6) is 0 Å². The molecule has 1 amide bonds. The molecule has 5 fully saturated rings. The van der Waals surface area contributed by atoms with Crippen LogP contribution in [0.15, 0.2) is 22.8 Å². The number of furan rings is 1. The highest BCUT2D eigenvalue weighted by Gasteiger charge is 2.71. The van der Waals surface area contributed by atoms with Crippen molar-refractivity contribution in [2.24, 2.45) is 56.7 Å². The molecule has 246 valence electrons. The fraction of sp³-hybridized carbons (Fsp3) is 0.811. The SMILES string of the molecule is C=C(C)[C@@H]1CC[C@]2(C(=O)NCc3c(C)coc3C(F)(F)F)CC[C@]3(C)[C@H](CC[C@@H]4[C@@]5(C)CC[C@H](O)C(C)(C)[C@@H]5CC[C@]43C)[C@@H]12. The minimum Gasteiger partial charge on any atom is -0.459 e. The summed E-state index contributed by atoms with van der Waals surface area (Å²) in [6.07, 6.45) is 6.09. The van der Waals surface area contributed by atoms with Crippen LogP contribution in [0, 0.1) is 63.6 Å². The molecule has 5 aliphatic rings.